The Hall–Kier alpha value is -2.61. The third-order valence-electron chi connectivity index (χ3n) is 3.62. The van der Waals surface area contributed by atoms with Crippen molar-refractivity contribution >= 4 is 18.2 Å². The number of amides is 2. The molecule has 0 aliphatic heterocycles. The first-order valence-electron chi connectivity index (χ1n) is 9.90. The molecule has 8 nitrogen and oxygen atoms in total. The minimum absolute atomic E-state index is 0.00505. The van der Waals surface area contributed by atoms with Crippen molar-refractivity contribution in [3.05, 3.63) is 35.9 Å². The Morgan fingerprint density at radius 1 is 0.933 bits per heavy atom. The molecule has 1 atom stereocenters. The van der Waals surface area contributed by atoms with Crippen LogP contribution in [-0.2, 0) is 25.6 Å². The largest absolute Gasteiger partial charge is 0.458 e. The third kappa shape index (κ3) is 9.26. The average molecular weight is 424 g/mol. The van der Waals surface area contributed by atoms with E-state index in [2.05, 4.69) is 0 Å². The lowest BCUT2D eigenvalue weighted by molar-refractivity contribution is -0.161. The van der Waals surface area contributed by atoms with Gasteiger partial charge < -0.3 is 19.3 Å². The molecule has 0 aliphatic carbocycles. The van der Waals surface area contributed by atoms with Crippen LogP contribution in [0.25, 0.3) is 0 Å². The first-order valence-corrected chi connectivity index (χ1v) is 9.90. The SMILES string of the molecule is CC(C)(C)OC(=O)[C@@H](CCCO)N(C(=O)OCc1ccccc1)C(=O)OC(C)(C)C. The molecule has 0 bridgehead atoms. The summed E-state index contributed by atoms with van der Waals surface area (Å²) in [4.78, 5) is 39.1. The van der Waals surface area contributed by atoms with Gasteiger partial charge in [-0.25, -0.2) is 14.4 Å². The van der Waals surface area contributed by atoms with Crippen molar-refractivity contribution in [3.63, 3.8) is 0 Å². The number of ether oxygens (including phenoxy) is 3. The molecule has 1 aromatic rings. The molecular weight excluding hydrogens is 390 g/mol. The Bertz CT molecular complexity index is 704. The number of aliphatic hydroxyl groups is 1. The van der Waals surface area contributed by atoms with E-state index in [0.29, 0.717) is 4.90 Å². The van der Waals surface area contributed by atoms with Crippen LogP contribution < -0.4 is 0 Å². The highest BCUT2D eigenvalue weighted by Gasteiger charge is 2.40. The first-order chi connectivity index (χ1) is 13.8. The molecule has 0 fully saturated rings. The van der Waals surface area contributed by atoms with Gasteiger partial charge in [-0.1, -0.05) is 30.3 Å². The molecule has 1 rings (SSSR count). The van der Waals surface area contributed by atoms with Crippen LogP contribution in [0.3, 0.4) is 0 Å². The Kier molecular flexibility index (Phi) is 9.29. The predicted octanol–water partition coefficient (Wildman–Crippen LogP) is 4.04. The lowest BCUT2D eigenvalue weighted by Gasteiger charge is -2.32. The van der Waals surface area contributed by atoms with E-state index in [0.717, 1.165) is 5.56 Å². The van der Waals surface area contributed by atoms with Crippen LogP contribution in [0.15, 0.2) is 30.3 Å². The molecule has 0 saturated heterocycles. The van der Waals surface area contributed by atoms with Crippen LogP contribution in [0.2, 0.25) is 0 Å². The Morgan fingerprint density at radius 2 is 1.50 bits per heavy atom. The summed E-state index contributed by atoms with van der Waals surface area (Å²) in [6.07, 6.45) is -1.86. The van der Waals surface area contributed by atoms with E-state index in [-0.39, 0.29) is 26.1 Å². The molecule has 2 amide bonds. The second-order valence-electron chi connectivity index (χ2n) is 8.81. The van der Waals surface area contributed by atoms with Gasteiger partial charge in [-0.3, -0.25) is 0 Å². The summed E-state index contributed by atoms with van der Waals surface area (Å²) < 4.78 is 16.0. The van der Waals surface area contributed by atoms with Crippen LogP contribution in [0.4, 0.5) is 9.59 Å². The predicted molar refractivity (Wildman–Crippen MR) is 111 cm³/mol. The zero-order valence-corrected chi connectivity index (χ0v) is 18.6. The summed E-state index contributed by atoms with van der Waals surface area (Å²) in [5.74, 6) is -0.779. The van der Waals surface area contributed by atoms with E-state index in [1.807, 2.05) is 6.07 Å². The number of esters is 1. The number of benzene rings is 1. The molecule has 8 heteroatoms. The fourth-order valence-electron chi connectivity index (χ4n) is 2.44. The quantitative estimate of drug-likeness (QED) is 0.521. The van der Waals surface area contributed by atoms with Gasteiger partial charge in [-0.15, -0.1) is 0 Å². The van der Waals surface area contributed by atoms with Crippen LogP contribution >= 0.6 is 0 Å². The molecule has 0 spiro atoms. The highest BCUT2D eigenvalue weighted by Crippen LogP contribution is 2.20. The number of carbonyl (C=O) groups is 3. The number of rotatable bonds is 7. The fourth-order valence-corrected chi connectivity index (χ4v) is 2.44. The number of hydrogen-bond acceptors (Lipinski definition) is 7. The third-order valence-corrected chi connectivity index (χ3v) is 3.62. The van der Waals surface area contributed by atoms with Gasteiger partial charge in [0.15, 0.2) is 0 Å². The van der Waals surface area contributed by atoms with Gasteiger partial charge in [0.05, 0.1) is 0 Å². The van der Waals surface area contributed by atoms with Crippen LogP contribution in [0.1, 0.15) is 59.9 Å². The topological polar surface area (TPSA) is 102 Å². The first kappa shape index (κ1) is 25.4. The molecule has 0 aromatic heterocycles. The van der Waals surface area contributed by atoms with Crippen LogP contribution in [0.5, 0.6) is 0 Å². The number of nitrogens with zero attached hydrogens (tertiary/aromatic N) is 1. The monoisotopic (exact) mass is 423 g/mol. The summed E-state index contributed by atoms with van der Waals surface area (Å²) in [5.41, 5.74) is -1.01. The van der Waals surface area contributed by atoms with E-state index in [4.69, 9.17) is 14.2 Å². The molecule has 0 heterocycles. The summed E-state index contributed by atoms with van der Waals surface area (Å²) in [5, 5.41) is 9.22. The molecule has 0 saturated carbocycles. The minimum Gasteiger partial charge on any atom is -0.458 e. The lowest BCUT2D eigenvalue weighted by atomic mass is 10.1. The standard InChI is InChI=1S/C22H33NO7/c1-21(2,3)29-18(25)17(13-10-14-24)23(20(27)30-22(4,5)6)19(26)28-15-16-11-8-7-9-12-16/h7-9,11-12,17,24H,10,13-15H2,1-6H3/t17-/m1/s1. The van der Waals surface area contributed by atoms with Crippen molar-refractivity contribution in [1.82, 2.24) is 4.90 Å². The molecule has 1 N–H and O–H groups in total. The molecule has 0 aliphatic rings. The number of imide groups is 1. The second kappa shape index (κ2) is 11.0. The maximum atomic E-state index is 12.9. The van der Waals surface area contributed by atoms with Gasteiger partial charge in [0.25, 0.3) is 0 Å². The van der Waals surface area contributed by atoms with Gasteiger partial charge in [0.1, 0.15) is 23.9 Å². The highest BCUT2D eigenvalue weighted by atomic mass is 16.6. The molecule has 1 aromatic carbocycles. The van der Waals surface area contributed by atoms with E-state index >= 15 is 0 Å². The van der Waals surface area contributed by atoms with Crippen molar-refractivity contribution in [3.8, 4) is 0 Å². The Labute approximate surface area is 178 Å². The summed E-state index contributed by atoms with van der Waals surface area (Å²) in [6, 6.07) is 7.64. The number of hydrogen-bond donors (Lipinski definition) is 1. The van der Waals surface area contributed by atoms with E-state index in [1.54, 1.807) is 65.8 Å². The van der Waals surface area contributed by atoms with Crippen LogP contribution in [0, 0.1) is 0 Å². The molecule has 168 valence electrons. The average Bonchev–Trinajstić information content (AvgIpc) is 2.61. The van der Waals surface area contributed by atoms with E-state index in [9.17, 15) is 19.5 Å². The molecule has 30 heavy (non-hydrogen) atoms. The molecule has 0 unspecified atom stereocenters. The van der Waals surface area contributed by atoms with Gasteiger partial charge >= 0.3 is 18.2 Å². The van der Waals surface area contributed by atoms with Gasteiger partial charge in [-0.2, -0.15) is 4.90 Å². The smallest absolute Gasteiger partial charge is 0.420 e. The normalized spacial score (nSPS) is 12.6. The number of carbonyl (C=O) groups excluding carboxylic acids is 3. The highest BCUT2D eigenvalue weighted by molar-refractivity contribution is 5.94. The van der Waals surface area contributed by atoms with Crippen molar-refractivity contribution in [2.75, 3.05) is 6.61 Å². The minimum atomic E-state index is -1.30. The summed E-state index contributed by atoms with van der Waals surface area (Å²) in [7, 11) is 0. The van der Waals surface area contributed by atoms with Gasteiger partial charge in [0, 0.05) is 6.61 Å². The zero-order chi connectivity index (χ0) is 22.9. The van der Waals surface area contributed by atoms with Crippen molar-refractivity contribution in [2.45, 2.75) is 78.2 Å². The maximum absolute atomic E-state index is 12.9. The van der Waals surface area contributed by atoms with Crippen molar-refractivity contribution < 1.29 is 33.7 Å². The fraction of sp³-hybridized carbons (Fsp3) is 0.591. The zero-order valence-electron chi connectivity index (χ0n) is 18.6. The second-order valence-corrected chi connectivity index (χ2v) is 8.81. The van der Waals surface area contributed by atoms with Crippen LogP contribution in [-0.4, -0.2) is 52.0 Å². The Balaban J connectivity index is 3.16. The van der Waals surface area contributed by atoms with Gasteiger partial charge in [-0.05, 0) is 59.9 Å². The van der Waals surface area contributed by atoms with E-state index < -0.39 is 35.4 Å². The summed E-state index contributed by atoms with van der Waals surface area (Å²) >= 11 is 0. The van der Waals surface area contributed by atoms with Crippen molar-refractivity contribution in [1.29, 1.82) is 0 Å². The summed E-state index contributed by atoms with van der Waals surface area (Å²) in [6.45, 7) is 9.68. The Morgan fingerprint density at radius 3 is 2.00 bits per heavy atom. The number of aliphatic hydroxyl groups excluding tert-OH is 1. The van der Waals surface area contributed by atoms with Crippen molar-refractivity contribution in [2.24, 2.45) is 0 Å². The molecular formula is C22H33NO7. The lowest BCUT2D eigenvalue weighted by Crippen LogP contribution is -2.52. The maximum Gasteiger partial charge on any atom is 0.420 e. The van der Waals surface area contributed by atoms with E-state index in [1.165, 1.54) is 0 Å². The van der Waals surface area contributed by atoms with Gasteiger partial charge in [0.2, 0.25) is 0 Å². The molecule has 0 radical (unpaired) electrons.